The number of para-hydroxylation sites is 1. The molecule has 0 amide bonds. The standard InChI is InChI=1S/C13H15NO3/c1-17-13(16)12-7-4-8-14(12)11-6-3-2-5-10(11)9-15/h2-3,5-6,9,12H,4,7-8H2,1H3. The molecule has 1 aliphatic rings. The van der Waals surface area contributed by atoms with Gasteiger partial charge in [0.1, 0.15) is 6.04 Å². The summed E-state index contributed by atoms with van der Waals surface area (Å²) in [7, 11) is 1.39. The van der Waals surface area contributed by atoms with E-state index in [1.54, 1.807) is 6.07 Å². The van der Waals surface area contributed by atoms with E-state index in [2.05, 4.69) is 0 Å². The van der Waals surface area contributed by atoms with Crippen LogP contribution < -0.4 is 4.90 Å². The molecule has 0 aromatic heterocycles. The molecule has 0 radical (unpaired) electrons. The lowest BCUT2D eigenvalue weighted by Crippen LogP contribution is -2.37. The Bertz CT molecular complexity index is 430. The molecule has 0 spiro atoms. The second-order valence-corrected chi connectivity index (χ2v) is 4.05. The van der Waals surface area contributed by atoms with Gasteiger partial charge in [0.25, 0.3) is 0 Å². The first-order valence-corrected chi connectivity index (χ1v) is 5.66. The molecule has 0 saturated carbocycles. The number of anilines is 1. The second kappa shape index (κ2) is 4.99. The molecule has 17 heavy (non-hydrogen) atoms. The minimum Gasteiger partial charge on any atom is -0.467 e. The van der Waals surface area contributed by atoms with Crippen LogP contribution in [0.1, 0.15) is 23.2 Å². The largest absolute Gasteiger partial charge is 0.467 e. The minimum absolute atomic E-state index is 0.233. The van der Waals surface area contributed by atoms with Crippen LogP contribution in [0.4, 0.5) is 5.69 Å². The number of hydrogen-bond acceptors (Lipinski definition) is 4. The first-order chi connectivity index (χ1) is 8.27. The summed E-state index contributed by atoms with van der Waals surface area (Å²) in [6, 6.07) is 7.05. The van der Waals surface area contributed by atoms with Gasteiger partial charge < -0.3 is 9.64 Å². The monoisotopic (exact) mass is 233 g/mol. The van der Waals surface area contributed by atoms with Crippen LogP contribution in [0.3, 0.4) is 0 Å². The Morgan fingerprint density at radius 3 is 2.94 bits per heavy atom. The van der Waals surface area contributed by atoms with E-state index < -0.39 is 0 Å². The van der Waals surface area contributed by atoms with Crippen LogP contribution in [0.5, 0.6) is 0 Å². The highest BCUT2D eigenvalue weighted by molar-refractivity contribution is 5.88. The van der Waals surface area contributed by atoms with Crippen LogP contribution >= 0.6 is 0 Å². The Morgan fingerprint density at radius 2 is 2.24 bits per heavy atom. The number of nitrogens with zero attached hydrogens (tertiary/aromatic N) is 1. The summed E-state index contributed by atoms with van der Waals surface area (Å²) in [6.07, 6.45) is 2.54. The van der Waals surface area contributed by atoms with Gasteiger partial charge in [-0.15, -0.1) is 0 Å². The summed E-state index contributed by atoms with van der Waals surface area (Å²) in [5, 5.41) is 0. The number of esters is 1. The van der Waals surface area contributed by atoms with Gasteiger partial charge in [-0.25, -0.2) is 4.79 Å². The number of carbonyl (C=O) groups excluding carboxylic acids is 2. The number of rotatable bonds is 3. The van der Waals surface area contributed by atoms with Gasteiger partial charge in [-0.3, -0.25) is 4.79 Å². The van der Waals surface area contributed by atoms with Crippen molar-refractivity contribution in [3.8, 4) is 0 Å². The molecule has 1 aliphatic heterocycles. The van der Waals surface area contributed by atoms with E-state index in [9.17, 15) is 9.59 Å². The molecule has 1 aromatic carbocycles. The van der Waals surface area contributed by atoms with Gasteiger partial charge in [-0.1, -0.05) is 12.1 Å². The molecule has 1 aromatic rings. The zero-order valence-corrected chi connectivity index (χ0v) is 9.76. The zero-order chi connectivity index (χ0) is 12.3. The van der Waals surface area contributed by atoms with Gasteiger partial charge >= 0.3 is 5.97 Å². The molecule has 0 bridgehead atoms. The Labute approximate surface area is 100 Å². The third-order valence-corrected chi connectivity index (χ3v) is 3.10. The average Bonchev–Trinajstić information content (AvgIpc) is 2.86. The summed E-state index contributed by atoms with van der Waals surface area (Å²) in [5.74, 6) is -0.233. The maximum atomic E-state index is 11.6. The van der Waals surface area contributed by atoms with Crippen molar-refractivity contribution < 1.29 is 14.3 Å². The summed E-state index contributed by atoms with van der Waals surface area (Å²) >= 11 is 0. The van der Waals surface area contributed by atoms with E-state index >= 15 is 0 Å². The van der Waals surface area contributed by atoms with Crippen LogP contribution in [0, 0.1) is 0 Å². The molecule has 1 heterocycles. The van der Waals surface area contributed by atoms with Gasteiger partial charge in [-0.2, -0.15) is 0 Å². The number of methoxy groups -OCH3 is 1. The number of hydrogen-bond donors (Lipinski definition) is 0. The van der Waals surface area contributed by atoms with Gasteiger partial charge in [0.2, 0.25) is 0 Å². The lowest BCUT2D eigenvalue weighted by Gasteiger charge is -2.25. The molecule has 0 N–H and O–H groups in total. The van der Waals surface area contributed by atoms with E-state index in [4.69, 9.17) is 4.74 Å². The third-order valence-electron chi connectivity index (χ3n) is 3.10. The van der Waals surface area contributed by atoms with E-state index in [1.165, 1.54) is 7.11 Å². The Morgan fingerprint density at radius 1 is 1.47 bits per heavy atom. The van der Waals surface area contributed by atoms with Gasteiger partial charge in [0, 0.05) is 17.8 Å². The van der Waals surface area contributed by atoms with Crippen molar-refractivity contribution in [2.45, 2.75) is 18.9 Å². The fourth-order valence-electron chi connectivity index (χ4n) is 2.28. The lowest BCUT2D eigenvalue weighted by molar-refractivity contribution is -0.141. The number of carbonyl (C=O) groups is 2. The van der Waals surface area contributed by atoms with E-state index in [-0.39, 0.29) is 12.0 Å². The van der Waals surface area contributed by atoms with E-state index in [0.29, 0.717) is 5.56 Å². The first kappa shape index (κ1) is 11.6. The fourth-order valence-corrected chi connectivity index (χ4v) is 2.28. The van der Waals surface area contributed by atoms with Gasteiger partial charge in [0.05, 0.1) is 7.11 Å². The van der Waals surface area contributed by atoms with Crippen molar-refractivity contribution in [1.82, 2.24) is 0 Å². The Balaban J connectivity index is 2.32. The maximum absolute atomic E-state index is 11.6. The number of aldehydes is 1. The summed E-state index contributed by atoms with van der Waals surface area (Å²) in [5.41, 5.74) is 1.43. The van der Waals surface area contributed by atoms with Crippen molar-refractivity contribution >= 4 is 17.9 Å². The van der Waals surface area contributed by atoms with Crippen molar-refractivity contribution in [3.63, 3.8) is 0 Å². The Kier molecular flexibility index (Phi) is 3.42. The van der Waals surface area contributed by atoms with Crippen molar-refractivity contribution in [3.05, 3.63) is 29.8 Å². The molecular weight excluding hydrogens is 218 g/mol. The summed E-state index contributed by atoms with van der Waals surface area (Å²) in [4.78, 5) is 24.6. The van der Waals surface area contributed by atoms with Crippen LogP contribution in [-0.4, -0.2) is 32.0 Å². The topological polar surface area (TPSA) is 46.6 Å². The molecule has 4 heteroatoms. The van der Waals surface area contributed by atoms with Gasteiger partial charge in [-0.05, 0) is 25.0 Å². The van der Waals surface area contributed by atoms with E-state index in [0.717, 1.165) is 31.4 Å². The van der Waals surface area contributed by atoms with Crippen LogP contribution in [0.15, 0.2) is 24.3 Å². The predicted octanol–water partition coefficient (Wildman–Crippen LogP) is 1.64. The van der Waals surface area contributed by atoms with E-state index in [1.807, 2.05) is 23.1 Å². The second-order valence-electron chi connectivity index (χ2n) is 4.05. The predicted molar refractivity (Wildman–Crippen MR) is 64.2 cm³/mol. The molecule has 0 aliphatic carbocycles. The van der Waals surface area contributed by atoms with Crippen molar-refractivity contribution in [1.29, 1.82) is 0 Å². The molecule has 2 rings (SSSR count). The SMILES string of the molecule is COC(=O)C1CCCN1c1ccccc1C=O. The molecule has 1 atom stereocenters. The fraction of sp³-hybridized carbons (Fsp3) is 0.385. The quantitative estimate of drug-likeness (QED) is 0.588. The highest BCUT2D eigenvalue weighted by Crippen LogP contribution is 2.28. The first-order valence-electron chi connectivity index (χ1n) is 5.66. The molecule has 1 saturated heterocycles. The molecule has 1 fully saturated rings. The van der Waals surface area contributed by atoms with Crippen LogP contribution in [0.2, 0.25) is 0 Å². The number of benzene rings is 1. The normalized spacial score (nSPS) is 19.1. The van der Waals surface area contributed by atoms with Crippen LogP contribution in [-0.2, 0) is 9.53 Å². The summed E-state index contributed by atoms with van der Waals surface area (Å²) < 4.78 is 4.79. The number of ether oxygens (including phenoxy) is 1. The lowest BCUT2D eigenvalue weighted by atomic mass is 10.1. The summed E-state index contributed by atoms with van der Waals surface area (Å²) in [6.45, 7) is 0.782. The van der Waals surface area contributed by atoms with Crippen molar-refractivity contribution in [2.24, 2.45) is 0 Å². The van der Waals surface area contributed by atoms with Crippen molar-refractivity contribution in [2.75, 3.05) is 18.6 Å². The smallest absolute Gasteiger partial charge is 0.328 e. The minimum atomic E-state index is -0.263. The Hall–Kier alpha value is -1.84. The molecule has 90 valence electrons. The third kappa shape index (κ3) is 2.16. The average molecular weight is 233 g/mol. The zero-order valence-electron chi connectivity index (χ0n) is 9.76. The maximum Gasteiger partial charge on any atom is 0.328 e. The molecule has 1 unspecified atom stereocenters. The molecule has 4 nitrogen and oxygen atoms in total. The van der Waals surface area contributed by atoms with Crippen LogP contribution in [0.25, 0.3) is 0 Å². The molecular formula is C13H15NO3. The highest BCUT2D eigenvalue weighted by atomic mass is 16.5. The highest BCUT2D eigenvalue weighted by Gasteiger charge is 2.32. The van der Waals surface area contributed by atoms with Gasteiger partial charge in [0.15, 0.2) is 6.29 Å².